The molecule has 0 bridgehead atoms. The molecule has 0 saturated carbocycles. The Labute approximate surface area is 158 Å². The lowest BCUT2D eigenvalue weighted by atomic mass is 10.1. The van der Waals surface area contributed by atoms with Crippen LogP contribution >= 0.6 is 0 Å². The van der Waals surface area contributed by atoms with Crippen LogP contribution < -0.4 is 24.3 Å². The fourth-order valence-corrected chi connectivity index (χ4v) is 2.91. The Bertz CT molecular complexity index is 824. The van der Waals surface area contributed by atoms with Crippen LogP contribution in [0.4, 0.5) is 5.69 Å². The normalized spacial score (nSPS) is 13.4. The molecule has 1 atom stereocenters. The molecule has 0 unspecified atom stereocenters. The standard InChI is InChI=1S/C20H24N2O5/c1-13(20(23)21-15-8-9-16-18(10-15)27-12-26-16)22(2)11-14-6-5-7-17(24-3)19(14)25-4/h5-10,13H,11-12H2,1-4H3,(H,21,23)/t13-/m1/s1. The van der Waals surface area contributed by atoms with E-state index in [0.29, 0.717) is 35.2 Å². The second-order valence-corrected chi connectivity index (χ2v) is 6.30. The summed E-state index contributed by atoms with van der Waals surface area (Å²) in [5, 5.41) is 2.92. The molecule has 0 spiro atoms. The Hall–Kier alpha value is -2.93. The third-order valence-electron chi connectivity index (χ3n) is 4.58. The van der Waals surface area contributed by atoms with Gasteiger partial charge in [-0.25, -0.2) is 0 Å². The maximum Gasteiger partial charge on any atom is 0.241 e. The first-order chi connectivity index (χ1) is 13.0. The molecule has 0 aromatic heterocycles. The van der Waals surface area contributed by atoms with E-state index in [-0.39, 0.29) is 18.7 Å². The predicted molar refractivity (Wildman–Crippen MR) is 102 cm³/mol. The summed E-state index contributed by atoms with van der Waals surface area (Å²) < 4.78 is 21.4. The zero-order chi connectivity index (χ0) is 19.4. The molecule has 0 saturated heterocycles. The monoisotopic (exact) mass is 372 g/mol. The van der Waals surface area contributed by atoms with Crippen molar-refractivity contribution in [2.45, 2.75) is 19.5 Å². The van der Waals surface area contributed by atoms with Crippen molar-refractivity contribution in [3.05, 3.63) is 42.0 Å². The van der Waals surface area contributed by atoms with Gasteiger partial charge in [-0.2, -0.15) is 0 Å². The molecule has 7 heteroatoms. The highest BCUT2D eigenvalue weighted by molar-refractivity contribution is 5.94. The summed E-state index contributed by atoms with van der Waals surface area (Å²) in [5.41, 5.74) is 1.62. The third kappa shape index (κ3) is 4.09. The molecule has 2 aromatic carbocycles. The van der Waals surface area contributed by atoms with E-state index in [2.05, 4.69) is 5.32 Å². The first-order valence-corrected chi connectivity index (χ1v) is 8.64. The number of carbonyl (C=O) groups excluding carboxylic acids is 1. The number of methoxy groups -OCH3 is 2. The van der Waals surface area contributed by atoms with Gasteiger partial charge in [0.1, 0.15) is 0 Å². The Morgan fingerprint density at radius 2 is 1.96 bits per heavy atom. The number of ether oxygens (including phenoxy) is 4. The topological polar surface area (TPSA) is 69.3 Å². The van der Waals surface area contributed by atoms with E-state index in [9.17, 15) is 4.79 Å². The van der Waals surface area contributed by atoms with Crippen molar-refractivity contribution in [1.29, 1.82) is 0 Å². The van der Waals surface area contributed by atoms with Crippen molar-refractivity contribution >= 4 is 11.6 Å². The lowest BCUT2D eigenvalue weighted by Gasteiger charge is -2.25. The number of nitrogens with zero attached hydrogens (tertiary/aromatic N) is 1. The number of likely N-dealkylation sites (N-methyl/N-ethyl adjacent to an activating group) is 1. The smallest absolute Gasteiger partial charge is 0.241 e. The van der Waals surface area contributed by atoms with Crippen molar-refractivity contribution < 1.29 is 23.7 Å². The van der Waals surface area contributed by atoms with E-state index in [1.54, 1.807) is 32.4 Å². The van der Waals surface area contributed by atoms with Gasteiger partial charge in [-0.05, 0) is 32.2 Å². The van der Waals surface area contributed by atoms with E-state index in [1.807, 2.05) is 37.1 Å². The fraction of sp³-hybridized carbons (Fsp3) is 0.350. The molecule has 1 aliphatic heterocycles. The first-order valence-electron chi connectivity index (χ1n) is 8.64. The van der Waals surface area contributed by atoms with Crippen LogP contribution in [-0.4, -0.2) is 44.9 Å². The number of benzene rings is 2. The maximum atomic E-state index is 12.6. The molecular weight excluding hydrogens is 348 g/mol. The zero-order valence-corrected chi connectivity index (χ0v) is 15.9. The lowest BCUT2D eigenvalue weighted by Crippen LogP contribution is -2.39. The molecule has 1 aliphatic rings. The summed E-state index contributed by atoms with van der Waals surface area (Å²) in [5.74, 6) is 2.55. The van der Waals surface area contributed by atoms with Gasteiger partial charge in [-0.3, -0.25) is 9.69 Å². The quantitative estimate of drug-likeness (QED) is 0.806. The molecule has 27 heavy (non-hydrogen) atoms. The van der Waals surface area contributed by atoms with Crippen molar-refractivity contribution in [3.63, 3.8) is 0 Å². The van der Waals surface area contributed by atoms with E-state index in [1.165, 1.54) is 0 Å². The predicted octanol–water partition coefficient (Wildman–Crippen LogP) is 2.89. The Balaban J connectivity index is 1.66. The number of anilines is 1. The zero-order valence-electron chi connectivity index (χ0n) is 15.9. The summed E-state index contributed by atoms with van der Waals surface area (Å²) in [6.45, 7) is 2.60. The van der Waals surface area contributed by atoms with Crippen molar-refractivity contribution in [3.8, 4) is 23.0 Å². The van der Waals surface area contributed by atoms with Crippen molar-refractivity contribution in [1.82, 2.24) is 4.90 Å². The largest absolute Gasteiger partial charge is 0.493 e. The molecule has 1 amide bonds. The number of rotatable bonds is 7. The van der Waals surface area contributed by atoms with Gasteiger partial charge in [0.05, 0.1) is 20.3 Å². The minimum Gasteiger partial charge on any atom is -0.493 e. The molecule has 1 N–H and O–H groups in total. The number of carbonyl (C=O) groups is 1. The van der Waals surface area contributed by atoms with Crippen LogP contribution in [0.25, 0.3) is 0 Å². The summed E-state index contributed by atoms with van der Waals surface area (Å²) in [6.07, 6.45) is 0. The average Bonchev–Trinajstić information content (AvgIpc) is 3.14. The summed E-state index contributed by atoms with van der Waals surface area (Å²) in [7, 11) is 5.10. The molecule has 0 radical (unpaired) electrons. The average molecular weight is 372 g/mol. The Morgan fingerprint density at radius 3 is 2.70 bits per heavy atom. The fourth-order valence-electron chi connectivity index (χ4n) is 2.91. The van der Waals surface area contributed by atoms with Crippen LogP contribution in [0.5, 0.6) is 23.0 Å². The SMILES string of the molecule is COc1cccc(CN(C)[C@H](C)C(=O)Nc2ccc3c(c2)OCO3)c1OC. The van der Waals surface area contributed by atoms with Gasteiger partial charge in [-0.1, -0.05) is 12.1 Å². The molecule has 7 nitrogen and oxygen atoms in total. The third-order valence-corrected chi connectivity index (χ3v) is 4.58. The van der Waals surface area contributed by atoms with Gasteiger partial charge in [-0.15, -0.1) is 0 Å². The van der Waals surface area contributed by atoms with Crippen LogP contribution in [0.15, 0.2) is 36.4 Å². The van der Waals surface area contributed by atoms with Gasteiger partial charge >= 0.3 is 0 Å². The summed E-state index contributed by atoms with van der Waals surface area (Å²) in [6, 6.07) is 10.7. The van der Waals surface area contributed by atoms with E-state index in [0.717, 1.165) is 5.56 Å². The Morgan fingerprint density at radius 1 is 1.19 bits per heavy atom. The van der Waals surface area contributed by atoms with Crippen LogP contribution in [0, 0.1) is 0 Å². The van der Waals surface area contributed by atoms with Gasteiger partial charge in [0.15, 0.2) is 23.0 Å². The van der Waals surface area contributed by atoms with Crippen LogP contribution in [0.2, 0.25) is 0 Å². The van der Waals surface area contributed by atoms with E-state index >= 15 is 0 Å². The molecule has 3 rings (SSSR count). The van der Waals surface area contributed by atoms with Crippen LogP contribution in [-0.2, 0) is 11.3 Å². The Kier molecular flexibility index (Phi) is 5.71. The highest BCUT2D eigenvalue weighted by Gasteiger charge is 2.21. The molecule has 0 aliphatic carbocycles. The summed E-state index contributed by atoms with van der Waals surface area (Å²) >= 11 is 0. The number of nitrogens with one attached hydrogen (secondary N) is 1. The molecular formula is C20H24N2O5. The first kappa shape index (κ1) is 18.8. The minimum absolute atomic E-state index is 0.113. The number of hydrogen-bond donors (Lipinski definition) is 1. The van der Waals surface area contributed by atoms with Gasteiger partial charge in [0, 0.05) is 23.9 Å². The minimum atomic E-state index is -0.355. The number of fused-ring (bicyclic) bond motifs is 1. The summed E-state index contributed by atoms with van der Waals surface area (Å²) in [4.78, 5) is 14.6. The lowest BCUT2D eigenvalue weighted by molar-refractivity contribution is -0.120. The van der Waals surface area contributed by atoms with Crippen molar-refractivity contribution in [2.75, 3.05) is 33.4 Å². The molecule has 1 heterocycles. The van der Waals surface area contributed by atoms with Crippen molar-refractivity contribution in [2.24, 2.45) is 0 Å². The number of amides is 1. The van der Waals surface area contributed by atoms with Gasteiger partial charge < -0.3 is 24.3 Å². The molecule has 144 valence electrons. The van der Waals surface area contributed by atoms with Gasteiger partial charge in [0.25, 0.3) is 0 Å². The molecule has 2 aromatic rings. The number of hydrogen-bond acceptors (Lipinski definition) is 6. The highest BCUT2D eigenvalue weighted by atomic mass is 16.7. The molecule has 0 fully saturated rings. The second-order valence-electron chi connectivity index (χ2n) is 6.30. The highest BCUT2D eigenvalue weighted by Crippen LogP contribution is 2.34. The van der Waals surface area contributed by atoms with E-state index in [4.69, 9.17) is 18.9 Å². The maximum absolute atomic E-state index is 12.6. The van der Waals surface area contributed by atoms with E-state index < -0.39 is 0 Å². The van der Waals surface area contributed by atoms with Gasteiger partial charge in [0.2, 0.25) is 12.7 Å². The second kappa shape index (κ2) is 8.18. The van der Waals surface area contributed by atoms with Crippen LogP contribution in [0.1, 0.15) is 12.5 Å². The van der Waals surface area contributed by atoms with Crippen LogP contribution in [0.3, 0.4) is 0 Å². The number of para-hydroxylation sites is 1.